The van der Waals surface area contributed by atoms with Crippen molar-refractivity contribution in [3.05, 3.63) is 47.8 Å². The highest BCUT2D eigenvalue weighted by Gasteiger charge is 2.21. The van der Waals surface area contributed by atoms with Gasteiger partial charge in [-0.25, -0.2) is 4.98 Å². The summed E-state index contributed by atoms with van der Waals surface area (Å²) in [5.41, 5.74) is 4.97. The molecule has 0 spiro atoms. The Labute approximate surface area is 216 Å². The molecular weight excluding hydrogens is 430 g/mol. The van der Waals surface area contributed by atoms with Gasteiger partial charge in [0.05, 0.1) is 5.69 Å². The molecule has 5 nitrogen and oxygen atoms in total. The van der Waals surface area contributed by atoms with Crippen LogP contribution in [0.15, 0.2) is 35.6 Å². The van der Waals surface area contributed by atoms with Gasteiger partial charge in [0.1, 0.15) is 11.5 Å². The first kappa shape index (κ1) is 30.7. The first-order chi connectivity index (χ1) is 16.8. The van der Waals surface area contributed by atoms with E-state index in [0.29, 0.717) is 0 Å². The highest BCUT2D eigenvalue weighted by atomic mass is 15.1. The fourth-order valence-corrected chi connectivity index (χ4v) is 4.32. The Morgan fingerprint density at radius 1 is 1.17 bits per heavy atom. The first-order valence-electron chi connectivity index (χ1n) is 13.8. The number of aliphatic imine (C=N–C) groups is 1. The van der Waals surface area contributed by atoms with Crippen LogP contribution in [-0.4, -0.2) is 29.0 Å². The number of aryl methyl sites for hydroxylation is 1. The van der Waals surface area contributed by atoms with Crippen molar-refractivity contribution in [1.82, 2.24) is 20.2 Å². The fraction of sp³-hybridized carbons (Fsp3) is 0.667. The number of amidine groups is 1. The number of hydrogen-bond acceptors (Lipinski definition) is 3. The molecule has 0 saturated heterocycles. The summed E-state index contributed by atoms with van der Waals surface area (Å²) >= 11 is 0. The molecule has 5 heteroatoms. The van der Waals surface area contributed by atoms with E-state index in [-0.39, 0.29) is 5.41 Å². The molecule has 0 unspecified atom stereocenters. The van der Waals surface area contributed by atoms with E-state index in [0.717, 1.165) is 75.3 Å². The van der Waals surface area contributed by atoms with Crippen LogP contribution in [0.4, 0.5) is 0 Å². The van der Waals surface area contributed by atoms with E-state index in [9.17, 15) is 0 Å². The minimum Gasteiger partial charge on any atom is -0.389 e. The molecule has 0 saturated carbocycles. The van der Waals surface area contributed by atoms with E-state index in [1.165, 1.54) is 29.9 Å². The smallest absolute Gasteiger partial charge is 0.153 e. The van der Waals surface area contributed by atoms with Crippen LogP contribution in [0.5, 0.6) is 0 Å². The summed E-state index contributed by atoms with van der Waals surface area (Å²) < 4.78 is 2.47. The Balaban J connectivity index is 0.00000298. The lowest BCUT2D eigenvalue weighted by Crippen LogP contribution is -2.21. The van der Waals surface area contributed by atoms with E-state index in [4.69, 9.17) is 4.98 Å². The normalized spacial score (nSPS) is 17.4. The van der Waals surface area contributed by atoms with Crippen LogP contribution in [0.3, 0.4) is 0 Å². The Bertz CT molecular complexity index is 849. The Hall–Kier alpha value is -2.30. The monoisotopic (exact) mass is 483 g/mol. The number of allylic oxidation sites excluding steroid dienone is 4. The number of imidazole rings is 1. The van der Waals surface area contributed by atoms with Crippen LogP contribution in [-0.2, 0) is 13.0 Å². The van der Waals surface area contributed by atoms with Crippen LogP contribution in [0.2, 0.25) is 0 Å². The Morgan fingerprint density at radius 3 is 2.57 bits per heavy atom. The minimum absolute atomic E-state index is 0.283. The number of aromatic nitrogens is 2. The molecular formula is C30H53N5. The molecule has 1 aromatic rings. The van der Waals surface area contributed by atoms with Gasteiger partial charge >= 0.3 is 0 Å². The third-order valence-corrected chi connectivity index (χ3v) is 5.92. The average molecular weight is 484 g/mol. The highest BCUT2D eigenvalue weighted by molar-refractivity contribution is 6.01. The van der Waals surface area contributed by atoms with Crippen molar-refractivity contribution in [2.45, 2.75) is 113 Å². The number of nitrogens with one attached hydrogen (secondary N) is 2. The third-order valence-electron chi connectivity index (χ3n) is 5.92. The predicted molar refractivity (Wildman–Crippen MR) is 155 cm³/mol. The van der Waals surface area contributed by atoms with Gasteiger partial charge in [0.15, 0.2) is 5.84 Å². The van der Waals surface area contributed by atoms with Crippen LogP contribution in [0.1, 0.15) is 117 Å². The largest absolute Gasteiger partial charge is 0.389 e. The molecule has 2 rings (SSSR count). The first-order valence-corrected chi connectivity index (χ1v) is 13.8. The standard InChI is InChI=1S/C28H47N5.C2H6/c1-8-9-17-24-32-25-26(22(2)16-12-10-13-19-31-27(25)29-7)33(24)20-15-11-14-18-30-23(3)21-28(4,5)6;1-2/h13,16,19,30H,3,8-12,14-15,17-18,20-21H2,1-2,4-7H3,(H,29,31);1-2H3/b19-13+,22-16+;. The van der Waals surface area contributed by atoms with Crippen LogP contribution < -0.4 is 10.6 Å². The zero-order valence-electron chi connectivity index (χ0n) is 24.1. The molecule has 0 radical (unpaired) electrons. The second kappa shape index (κ2) is 16.4. The summed E-state index contributed by atoms with van der Waals surface area (Å²) in [6.45, 7) is 21.4. The maximum Gasteiger partial charge on any atom is 0.153 e. The van der Waals surface area contributed by atoms with Crippen LogP contribution in [0, 0.1) is 5.41 Å². The number of nitrogens with zero attached hydrogens (tertiary/aromatic N) is 3. The van der Waals surface area contributed by atoms with Gasteiger partial charge in [-0.3, -0.25) is 4.99 Å². The molecule has 0 bridgehead atoms. The maximum absolute atomic E-state index is 5.11. The number of fused-ring (bicyclic) bond motifs is 1. The second-order valence-electron chi connectivity index (χ2n) is 10.4. The second-order valence-corrected chi connectivity index (χ2v) is 10.4. The van der Waals surface area contributed by atoms with Crippen molar-refractivity contribution >= 4 is 11.4 Å². The fourth-order valence-electron chi connectivity index (χ4n) is 4.32. The summed E-state index contributed by atoms with van der Waals surface area (Å²) in [5, 5.41) is 6.89. The Kier molecular flexibility index (Phi) is 14.4. The zero-order valence-corrected chi connectivity index (χ0v) is 24.1. The molecule has 198 valence electrons. The van der Waals surface area contributed by atoms with Gasteiger partial charge < -0.3 is 15.2 Å². The van der Waals surface area contributed by atoms with Gasteiger partial charge in [-0.2, -0.15) is 0 Å². The third kappa shape index (κ3) is 10.9. The molecule has 0 aromatic carbocycles. The van der Waals surface area contributed by atoms with Crippen LogP contribution in [0.25, 0.3) is 5.57 Å². The van der Waals surface area contributed by atoms with Crippen molar-refractivity contribution in [3.8, 4) is 0 Å². The molecule has 2 N–H and O–H groups in total. The van der Waals surface area contributed by atoms with E-state index in [1.807, 2.05) is 27.1 Å². The lowest BCUT2D eigenvalue weighted by molar-refractivity contribution is 0.397. The number of unbranched alkanes of at least 4 members (excludes halogenated alkanes) is 3. The summed E-state index contributed by atoms with van der Waals surface area (Å²) in [6, 6.07) is 0. The summed E-state index contributed by atoms with van der Waals surface area (Å²) in [7, 11) is 1.84. The molecule has 1 aliphatic rings. The zero-order chi connectivity index (χ0) is 26.3. The summed E-state index contributed by atoms with van der Waals surface area (Å²) in [4.78, 5) is 9.64. The van der Waals surface area contributed by atoms with E-state index < -0.39 is 0 Å². The van der Waals surface area contributed by atoms with Gasteiger partial charge in [0.2, 0.25) is 0 Å². The molecule has 0 amide bonds. The van der Waals surface area contributed by atoms with Crippen molar-refractivity contribution in [2.75, 3.05) is 13.6 Å². The highest BCUT2D eigenvalue weighted by Crippen LogP contribution is 2.25. The molecule has 2 heterocycles. The van der Waals surface area contributed by atoms with E-state index in [1.54, 1.807) is 0 Å². The minimum atomic E-state index is 0.283. The van der Waals surface area contributed by atoms with E-state index in [2.05, 4.69) is 73.5 Å². The van der Waals surface area contributed by atoms with Crippen molar-refractivity contribution < 1.29 is 0 Å². The average Bonchev–Trinajstić information content (AvgIpc) is 3.17. The molecule has 1 aromatic heterocycles. The molecule has 0 atom stereocenters. The van der Waals surface area contributed by atoms with Gasteiger partial charge in [0, 0.05) is 32.3 Å². The van der Waals surface area contributed by atoms with Crippen molar-refractivity contribution in [3.63, 3.8) is 0 Å². The number of rotatable bonds is 11. The summed E-state index contributed by atoms with van der Waals surface area (Å²) in [5.74, 6) is 2.05. The number of hydrogen-bond donors (Lipinski definition) is 2. The van der Waals surface area contributed by atoms with Crippen LogP contribution >= 0.6 is 0 Å². The van der Waals surface area contributed by atoms with Crippen molar-refractivity contribution in [2.24, 2.45) is 10.4 Å². The van der Waals surface area contributed by atoms with Gasteiger partial charge in [-0.1, -0.05) is 66.7 Å². The van der Waals surface area contributed by atoms with Gasteiger partial charge in [0.25, 0.3) is 0 Å². The van der Waals surface area contributed by atoms with Crippen molar-refractivity contribution in [1.29, 1.82) is 0 Å². The predicted octanol–water partition coefficient (Wildman–Crippen LogP) is 7.64. The maximum atomic E-state index is 5.11. The van der Waals surface area contributed by atoms with Gasteiger partial charge in [-0.15, -0.1) is 0 Å². The quantitative estimate of drug-likeness (QED) is 0.318. The lowest BCUT2D eigenvalue weighted by atomic mass is 9.91. The van der Waals surface area contributed by atoms with E-state index >= 15 is 0 Å². The molecule has 0 aliphatic carbocycles. The molecule has 0 fully saturated rings. The summed E-state index contributed by atoms with van der Waals surface area (Å²) in [6.07, 6.45) is 16.5. The SMILES string of the molecule is C=C(CC(C)(C)C)NCCCCCn1c(CCCC)nc2c1/C(C)=C/CC/C=C/NC2=NC.CC. The van der Waals surface area contributed by atoms with Gasteiger partial charge in [-0.05, 0) is 69.1 Å². The Morgan fingerprint density at radius 2 is 1.91 bits per heavy atom. The topological polar surface area (TPSA) is 54.2 Å². The molecule has 1 aliphatic heterocycles. The molecule has 35 heavy (non-hydrogen) atoms. The lowest BCUT2D eigenvalue weighted by Gasteiger charge is -2.20.